The number of allylic oxidation sites excluding steroid dienone is 2. The van der Waals surface area contributed by atoms with Crippen LogP contribution in [0.25, 0.3) is 5.57 Å². The van der Waals surface area contributed by atoms with Crippen LogP contribution in [0, 0.1) is 39.5 Å². The van der Waals surface area contributed by atoms with E-state index in [-0.39, 0.29) is 0 Å². The maximum atomic E-state index is 2.37. The van der Waals surface area contributed by atoms with Gasteiger partial charge in [-0.1, -0.05) is 93.1 Å². The quantitative estimate of drug-likeness (QED) is 0.433. The molecule has 0 heterocycles. The first-order valence-corrected chi connectivity index (χ1v) is 11.1. The van der Waals surface area contributed by atoms with Gasteiger partial charge in [0.15, 0.2) is 0 Å². The third-order valence-corrected chi connectivity index (χ3v) is 6.28. The van der Waals surface area contributed by atoms with Crippen molar-refractivity contribution in [2.24, 2.45) is 11.8 Å². The predicted molar refractivity (Wildman–Crippen MR) is 126 cm³/mol. The van der Waals surface area contributed by atoms with Crippen LogP contribution in [0.4, 0.5) is 0 Å². The molecule has 0 radical (unpaired) electrons. The van der Waals surface area contributed by atoms with Gasteiger partial charge in [0, 0.05) is 0 Å². The van der Waals surface area contributed by atoms with Gasteiger partial charge in [-0.2, -0.15) is 0 Å². The van der Waals surface area contributed by atoms with Crippen LogP contribution in [0.5, 0.6) is 0 Å². The minimum Gasteiger partial charge on any atom is -0.0766 e. The molecule has 152 valence electrons. The van der Waals surface area contributed by atoms with Crippen LogP contribution in [0.2, 0.25) is 0 Å². The van der Waals surface area contributed by atoms with Crippen molar-refractivity contribution in [2.75, 3.05) is 0 Å². The van der Waals surface area contributed by atoms with E-state index < -0.39 is 0 Å². The van der Waals surface area contributed by atoms with Crippen LogP contribution >= 0.6 is 0 Å². The van der Waals surface area contributed by atoms with Gasteiger partial charge in [-0.3, -0.25) is 0 Å². The Morgan fingerprint density at radius 2 is 1.18 bits per heavy atom. The van der Waals surface area contributed by atoms with E-state index in [1.54, 1.807) is 0 Å². The SMILES string of the molecule is CC1=CCc2cc(C)ccc21.CC1CCC(C)CC1.Cc1ccc(C)c(C)c1. The van der Waals surface area contributed by atoms with E-state index in [0.717, 1.165) is 18.3 Å². The number of aryl methyl sites for hydroxylation is 4. The fraction of sp³-hybridized carbons (Fsp3) is 0.500. The van der Waals surface area contributed by atoms with Gasteiger partial charge in [0.1, 0.15) is 0 Å². The maximum absolute atomic E-state index is 2.37. The van der Waals surface area contributed by atoms with Crippen molar-refractivity contribution in [3.8, 4) is 0 Å². The lowest BCUT2D eigenvalue weighted by Gasteiger charge is -2.22. The highest BCUT2D eigenvalue weighted by atomic mass is 14.2. The smallest absolute Gasteiger partial charge is 0.00854 e. The third kappa shape index (κ3) is 6.97. The van der Waals surface area contributed by atoms with Gasteiger partial charge in [-0.25, -0.2) is 0 Å². The lowest BCUT2D eigenvalue weighted by atomic mass is 9.84. The van der Waals surface area contributed by atoms with E-state index in [9.17, 15) is 0 Å². The fourth-order valence-electron chi connectivity index (χ4n) is 3.97. The van der Waals surface area contributed by atoms with Crippen molar-refractivity contribution >= 4 is 5.57 Å². The summed E-state index contributed by atoms with van der Waals surface area (Å²) < 4.78 is 0. The van der Waals surface area contributed by atoms with Crippen LogP contribution in [0.15, 0.2) is 42.5 Å². The molecule has 1 fully saturated rings. The van der Waals surface area contributed by atoms with Crippen molar-refractivity contribution in [2.45, 2.75) is 80.6 Å². The largest absolute Gasteiger partial charge is 0.0766 e. The summed E-state index contributed by atoms with van der Waals surface area (Å²) in [7, 11) is 0. The summed E-state index contributed by atoms with van der Waals surface area (Å²) in [6.07, 6.45) is 9.32. The van der Waals surface area contributed by atoms with Crippen molar-refractivity contribution in [3.63, 3.8) is 0 Å². The van der Waals surface area contributed by atoms with Crippen molar-refractivity contribution in [1.29, 1.82) is 0 Å². The predicted octanol–water partition coefficient (Wildman–Crippen LogP) is 8.40. The normalized spacial score (nSPS) is 20.2. The highest BCUT2D eigenvalue weighted by Crippen LogP contribution is 2.27. The molecular formula is C28H40. The van der Waals surface area contributed by atoms with Gasteiger partial charge in [0.25, 0.3) is 0 Å². The van der Waals surface area contributed by atoms with E-state index >= 15 is 0 Å². The summed E-state index contributed by atoms with van der Waals surface area (Å²) >= 11 is 0. The van der Waals surface area contributed by atoms with Crippen LogP contribution in [0.3, 0.4) is 0 Å². The first-order valence-electron chi connectivity index (χ1n) is 11.1. The summed E-state index contributed by atoms with van der Waals surface area (Å²) in [6, 6.07) is 13.2. The van der Waals surface area contributed by atoms with E-state index in [1.807, 2.05) is 0 Å². The molecule has 0 nitrogen and oxygen atoms in total. The molecule has 2 aliphatic carbocycles. The Bertz CT molecular complexity index is 776. The molecule has 0 aromatic heterocycles. The van der Waals surface area contributed by atoms with Crippen LogP contribution < -0.4 is 0 Å². The van der Waals surface area contributed by atoms with E-state index in [2.05, 4.69) is 90.9 Å². The molecule has 0 aliphatic heterocycles. The zero-order chi connectivity index (χ0) is 20.7. The maximum Gasteiger partial charge on any atom is -0.00854 e. The second-order valence-electron chi connectivity index (χ2n) is 9.20. The molecular weight excluding hydrogens is 336 g/mol. The van der Waals surface area contributed by atoms with Gasteiger partial charge in [-0.05, 0) is 80.7 Å². The summed E-state index contributed by atoms with van der Waals surface area (Å²) in [4.78, 5) is 0. The van der Waals surface area contributed by atoms with Crippen molar-refractivity contribution in [1.82, 2.24) is 0 Å². The average molecular weight is 377 g/mol. The topological polar surface area (TPSA) is 0 Å². The molecule has 2 aromatic rings. The summed E-state index contributed by atoms with van der Waals surface area (Å²) in [5.41, 5.74) is 9.83. The van der Waals surface area contributed by atoms with Gasteiger partial charge in [-0.15, -0.1) is 0 Å². The number of fused-ring (bicyclic) bond motifs is 1. The lowest BCUT2D eigenvalue weighted by Crippen LogP contribution is -2.08. The Kier molecular flexibility index (Phi) is 8.55. The molecule has 0 bridgehead atoms. The summed E-state index contributed by atoms with van der Waals surface area (Å²) in [6.45, 7) is 15.5. The molecule has 2 aromatic carbocycles. The summed E-state index contributed by atoms with van der Waals surface area (Å²) in [5.74, 6) is 2.04. The molecule has 0 saturated heterocycles. The lowest BCUT2D eigenvalue weighted by molar-refractivity contribution is 0.308. The second-order valence-corrected chi connectivity index (χ2v) is 9.20. The molecule has 4 rings (SSSR count). The number of hydrogen-bond acceptors (Lipinski definition) is 0. The van der Waals surface area contributed by atoms with Gasteiger partial charge in [0.2, 0.25) is 0 Å². The zero-order valence-electron chi connectivity index (χ0n) is 19.2. The zero-order valence-corrected chi connectivity index (χ0v) is 19.2. The number of hydrogen-bond donors (Lipinski definition) is 0. The van der Waals surface area contributed by atoms with Crippen molar-refractivity contribution < 1.29 is 0 Å². The monoisotopic (exact) mass is 376 g/mol. The highest BCUT2D eigenvalue weighted by molar-refractivity contribution is 5.71. The fourth-order valence-corrected chi connectivity index (χ4v) is 3.97. The molecule has 0 amide bonds. The Morgan fingerprint density at radius 3 is 1.71 bits per heavy atom. The van der Waals surface area contributed by atoms with E-state index in [4.69, 9.17) is 0 Å². The third-order valence-electron chi connectivity index (χ3n) is 6.28. The second kappa shape index (κ2) is 10.6. The van der Waals surface area contributed by atoms with Gasteiger partial charge < -0.3 is 0 Å². The van der Waals surface area contributed by atoms with Crippen LogP contribution in [0.1, 0.15) is 79.8 Å². The highest BCUT2D eigenvalue weighted by Gasteiger charge is 2.13. The van der Waals surface area contributed by atoms with Gasteiger partial charge in [0.05, 0.1) is 0 Å². The first-order chi connectivity index (χ1) is 13.3. The Morgan fingerprint density at radius 1 is 0.643 bits per heavy atom. The average Bonchev–Trinajstić information content (AvgIpc) is 3.02. The van der Waals surface area contributed by atoms with Crippen molar-refractivity contribution in [3.05, 3.63) is 75.9 Å². The molecule has 28 heavy (non-hydrogen) atoms. The van der Waals surface area contributed by atoms with Crippen LogP contribution in [-0.2, 0) is 6.42 Å². The molecule has 0 spiro atoms. The minimum atomic E-state index is 1.02. The first kappa shape index (κ1) is 22.5. The van der Waals surface area contributed by atoms with Crippen LogP contribution in [-0.4, -0.2) is 0 Å². The summed E-state index contributed by atoms with van der Waals surface area (Å²) in [5, 5.41) is 0. The van der Waals surface area contributed by atoms with Gasteiger partial charge >= 0.3 is 0 Å². The molecule has 0 heteroatoms. The Balaban J connectivity index is 0.000000153. The molecule has 2 aliphatic rings. The number of rotatable bonds is 0. The molecule has 1 saturated carbocycles. The molecule has 0 N–H and O–H groups in total. The minimum absolute atomic E-state index is 1.02. The van der Waals surface area contributed by atoms with E-state index in [1.165, 1.54) is 64.6 Å². The molecule has 0 atom stereocenters. The molecule has 0 unspecified atom stereocenters. The Labute approximate surface area is 174 Å². The van der Waals surface area contributed by atoms with E-state index in [0.29, 0.717) is 0 Å². The number of benzene rings is 2. The Hall–Kier alpha value is -1.82. The standard InChI is InChI=1S/C11H12.C9H12.C8H16/c1-8-3-6-11-9(2)4-5-10(11)7-8;1-7-4-5-8(2)9(3)6-7;1-7-3-5-8(2)6-4-7/h3-4,6-7H,5H2,1-2H3;4-6H,1-3H3;7-8H,3-6H2,1-2H3.